The minimum Gasteiger partial charge on any atom is -0.306 e. The van der Waals surface area contributed by atoms with Crippen LogP contribution in [0.1, 0.15) is 117 Å². The van der Waals surface area contributed by atoms with Crippen molar-refractivity contribution in [1.82, 2.24) is 4.90 Å². The highest BCUT2D eigenvalue weighted by Crippen LogP contribution is 2.13. The van der Waals surface area contributed by atoms with Gasteiger partial charge in [0.1, 0.15) is 0 Å². The zero-order chi connectivity index (χ0) is 17.9. The van der Waals surface area contributed by atoms with E-state index < -0.39 is 0 Å². The first-order valence-corrected chi connectivity index (χ1v) is 11.0. The molecule has 1 heteroatoms. The molecule has 0 saturated carbocycles. The summed E-state index contributed by atoms with van der Waals surface area (Å²) in [4.78, 5) is 2.39. The Morgan fingerprint density at radius 1 is 0.625 bits per heavy atom. The van der Waals surface area contributed by atoms with Gasteiger partial charge in [-0.1, -0.05) is 90.2 Å². The maximum Gasteiger partial charge on any atom is 0.00865 e. The van der Waals surface area contributed by atoms with Crippen molar-refractivity contribution in [2.24, 2.45) is 0 Å². The molecular weight excluding hydrogens is 290 g/mol. The number of unbranched alkanes of at least 4 members (excludes halogenated alkanes) is 12. The van der Waals surface area contributed by atoms with Crippen LogP contribution in [-0.4, -0.2) is 25.0 Å². The molecule has 144 valence electrons. The van der Waals surface area contributed by atoms with Gasteiger partial charge in [-0.3, -0.25) is 0 Å². The van der Waals surface area contributed by atoms with E-state index in [1.54, 1.807) is 0 Å². The van der Waals surface area contributed by atoms with Crippen LogP contribution < -0.4 is 0 Å². The second kappa shape index (κ2) is 19.0. The van der Waals surface area contributed by atoms with Crippen LogP contribution in [0, 0.1) is 0 Å². The Kier molecular flexibility index (Phi) is 18.8. The van der Waals surface area contributed by atoms with Crippen LogP contribution in [0.4, 0.5) is 0 Å². The molecule has 0 spiro atoms. The lowest BCUT2D eigenvalue weighted by Gasteiger charge is -2.22. The molecule has 0 fully saturated rings. The van der Waals surface area contributed by atoms with E-state index in [0.717, 1.165) is 6.04 Å². The minimum atomic E-state index is 0.793. The van der Waals surface area contributed by atoms with Gasteiger partial charge in [0, 0.05) is 6.04 Å². The van der Waals surface area contributed by atoms with Crippen LogP contribution in [-0.2, 0) is 0 Å². The summed E-state index contributed by atoms with van der Waals surface area (Å²) in [6.07, 6.45) is 27.1. The third kappa shape index (κ3) is 16.6. The molecule has 0 aliphatic carbocycles. The normalized spacial score (nSPS) is 13.2. The Balaban J connectivity index is 3.20. The summed E-state index contributed by atoms with van der Waals surface area (Å²) in [5.74, 6) is 0. The lowest BCUT2D eigenvalue weighted by molar-refractivity contribution is 0.264. The Morgan fingerprint density at radius 3 is 1.54 bits per heavy atom. The Labute approximate surface area is 154 Å². The number of allylic oxidation sites excluding steroid dienone is 2. The molecule has 0 aliphatic rings. The number of rotatable bonds is 18. The van der Waals surface area contributed by atoms with Crippen molar-refractivity contribution < 1.29 is 0 Å². The molecule has 0 aliphatic heterocycles. The molecule has 0 radical (unpaired) electrons. The van der Waals surface area contributed by atoms with E-state index >= 15 is 0 Å². The summed E-state index contributed by atoms with van der Waals surface area (Å²) in [6, 6.07) is 0.793. The van der Waals surface area contributed by atoms with Crippen LogP contribution in [0.25, 0.3) is 0 Å². The van der Waals surface area contributed by atoms with Crippen LogP contribution in [0.5, 0.6) is 0 Å². The number of nitrogens with zero attached hydrogens (tertiary/aromatic N) is 1. The van der Waals surface area contributed by atoms with Gasteiger partial charge < -0.3 is 4.90 Å². The van der Waals surface area contributed by atoms with Crippen molar-refractivity contribution in [3.05, 3.63) is 12.2 Å². The van der Waals surface area contributed by atoms with E-state index in [2.05, 4.69) is 45.0 Å². The van der Waals surface area contributed by atoms with Gasteiger partial charge in [-0.05, 0) is 52.6 Å². The van der Waals surface area contributed by atoms with Crippen molar-refractivity contribution in [3.63, 3.8) is 0 Å². The van der Waals surface area contributed by atoms with Crippen molar-refractivity contribution in [3.8, 4) is 0 Å². The second-order valence-corrected chi connectivity index (χ2v) is 7.75. The molecule has 0 aromatic heterocycles. The molecule has 24 heavy (non-hydrogen) atoms. The van der Waals surface area contributed by atoms with E-state index in [4.69, 9.17) is 0 Å². The summed E-state index contributed by atoms with van der Waals surface area (Å²) in [5, 5.41) is 0. The van der Waals surface area contributed by atoms with E-state index in [1.165, 1.54) is 103 Å². The zero-order valence-corrected chi connectivity index (χ0v) is 17.5. The number of hydrogen-bond acceptors (Lipinski definition) is 1. The predicted molar refractivity (Wildman–Crippen MR) is 112 cm³/mol. The molecule has 1 nitrogen and oxygen atoms in total. The largest absolute Gasteiger partial charge is 0.306 e. The topological polar surface area (TPSA) is 3.24 Å². The zero-order valence-electron chi connectivity index (χ0n) is 17.5. The Hall–Kier alpha value is -0.300. The molecule has 0 bridgehead atoms. The quantitative estimate of drug-likeness (QED) is 0.182. The monoisotopic (exact) mass is 337 g/mol. The van der Waals surface area contributed by atoms with Gasteiger partial charge in [0.05, 0.1) is 0 Å². The van der Waals surface area contributed by atoms with Gasteiger partial charge in [-0.25, -0.2) is 0 Å². The highest BCUT2D eigenvalue weighted by molar-refractivity contribution is 4.81. The van der Waals surface area contributed by atoms with Gasteiger partial charge in [0.2, 0.25) is 0 Å². The first kappa shape index (κ1) is 23.7. The molecule has 0 saturated heterocycles. The molecule has 0 rings (SSSR count). The van der Waals surface area contributed by atoms with Crippen LogP contribution in [0.2, 0.25) is 0 Å². The molecule has 0 N–H and O–H groups in total. The Bertz CT molecular complexity index is 257. The van der Waals surface area contributed by atoms with Crippen LogP contribution in [0.3, 0.4) is 0 Å². The first-order valence-electron chi connectivity index (χ1n) is 11.0. The van der Waals surface area contributed by atoms with Gasteiger partial charge in [-0.15, -0.1) is 0 Å². The van der Waals surface area contributed by atoms with E-state index in [-0.39, 0.29) is 0 Å². The summed E-state index contributed by atoms with van der Waals surface area (Å²) < 4.78 is 0. The van der Waals surface area contributed by atoms with Gasteiger partial charge in [0.15, 0.2) is 0 Å². The third-order valence-corrected chi connectivity index (χ3v) is 5.25. The molecular formula is C23H47N. The second-order valence-electron chi connectivity index (χ2n) is 7.75. The smallest absolute Gasteiger partial charge is 0.00865 e. The summed E-state index contributed by atoms with van der Waals surface area (Å²) >= 11 is 0. The van der Waals surface area contributed by atoms with Crippen LogP contribution in [0.15, 0.2) is 12.2 Å². The maximum atomic E-state index is 2.43. The lowest BCUT2D eigenvalue weighted by atomic mass is 10.0. The van der Waals surface area contributed by atoms with Gasteiger partial charge in [0.25, 0.3) is 0 Å². The molecule has 0 aromatic rings. The van der Waals surface area contributed by atoms with Crippen molar-refractivity contribution >= 4 is 0 Å². The SMILES string of the molecule is CCCCCCCC/C=C\CCCCCCCCC(CC)N(C)C. The molecule has 0 aromatic carbocycles. The first-order chi connectivity index (χ1) is 11.7. The lowest BCUT2D eigenvalue weighted by Crippen LogP contribution is -2.26. The van der Waals surface area contributed by atoms with E-state index in [0.29, 0.717) is 0 Å². The Morgan fingerprint density at radius 2 is 1.08 bits per heavy atom. The van der Waals surface area contributed by atoms with Gasteiger partial charge >= 0.3 is 0 Å². The average molecular weight is 338 g/mol. The minimum absolute atomic E-state index is 0.793. The van der Waals surface area contributed by atoms with E-state index in [1.807, 2.05) is 0 Å². The molecule has 0 heterocycles. The van der Waals surface area contributed by atoms with Crippen molar-refractivity contribution in [2.45, 2.75) is 123 Å². The van der Waals surface area contributed by atoms with Crippen LogP contribution >= 0.6 is 0 Å². The highest BCUT2D eigenvalue weighted by atomic mass is 15.1. The molecule has 1 atom stereocenters. The van der Waals surface area contributed by atoms with Crippen molar-refractivity contribution in [2.75, 3.05) is 14.1 Å². The summed E-state index contributed by atoms with van der Waals surface area (Å²) in [5.41, 5.74) is 0. The standard InChI is InChI=1S/C23H47N/c1-5-7-8-9-10-11-12-13-14-15-16-17-18-19-20-21-22-23(6-2)24(3)4/h13-14,23H,5-12,15-22H2,1-4H3/b14-13-. The fourth-order valence-electron chi connectivity index (χ4n) is 3.45. The van der Waals surface area contributed by atoms with Crippen molar-refractivity contribution in [1.29, 1.82) is 0 Å². The summed E-state index contributed by atoms with van der Waals surface area (Å²) in [7, 11) is 4.43. The van der Waals surface area contributed by atoms with E-state index in [9.17, 15) is 0 Å². The average Bonchev–Trinajstić information content (AvgIpc) is 2.57. The number of hydrogen-bond donors (Lipinski definition) is 0. The fourth-order valence-corrected chi connectivity index (χ4v) is 3.45. The summed E-state index contributed by atoms with van der Waals surface area (Å²) in [6.45, 7) is 4.60. The highest BCUT2D eigenvalue weighted by Gasteiger charge is 2.07. The third-order valence-electron chi connectivity index (χ3n) is 5.25. The molecule has 0 amide bonds. The molecule has 1 unspecified atom stereocenters. The van der Waals surface area contributed by atoms with Gasteiger partial charge in [-0.2, -0.15) is 0 Å². The predicted octanol–water partition coefficient (Wildman–Crippen LogP) is 7.75. The fraction of sp³-hybridized carbons (Fsp3) is 0.913. The maximum absolute atomic E-state index is 2.43.